The summed E-state index contributed by atoms with van der Waals surface area (Å²) in [7, 11) is -1.87. The van der Waals surface area contributed by atoms with E-state index in [9.17, 15) is 13.2 Å². The van der Waals surface area contributed by atoms with Gasteiger partial charge in [-0.25, -0.2) is 13.1 Å². The molecule has 1 aromatic rings. The molecule has 0 aliphatic heterocycles. The van der Waals surface area contributed by atoms with E-state index in [4.69, 9.17) is 0 Å². The fraction of sp³-hybridized carbons (Fsp3) is 0.562. The first-order chi connectivity index (χ1) is 10.5. The van der Waals surface area contributed by atoms with Crippen molar-refractivity contribution in [3.8, 4) is 0 Å². The molecule has 0 aromatic heterocycles. The summed E-state index contributed by atoms with van der Waals surface area (Å²) in [6, 6.07) is 4.89. The lowest BCUT2D eigenvalue weighted by molar-refractivity contribution is -0.119. The zero-order chi connectivity index (χ0) is 17.8. The fourth-order valence-electron chi connectivity index (χ4n) is 2.09. The summed E-state index contributed by atoms with van der Waals surface area (Å²) in [5, 5.41) is 5.70. The summed E-state index contributed by atoms with van der Waals surface area (Å²) in [6.07, 6.45) is 0. The van der Waals surface area contributed by atoms with E-state index in [2.05, 4.69) is 15.4 Å². The van der Waals surface area contributed by atoms with Gasteiger partial charge in [-0.05, 0) is 52.4 Å². The van der Waals surface area contributed by atoms with E-state index < -0.39 is 15.6 Å². The predicted octanol–water partition coefficient (Wildman–Crippen LogP) is 2.29. The molecule has 8 heteroatoms. The summed E-state index contributed by atoms with van der Waals surface area (Å²) < 4.78 is 27.6. The molecule has 0 aliphatic rings. The van der Waals surface area contributed by atoms with Crippen LogP contribution in [0.25, 0.3) is 0 Å². The predicted molar refractivity (Wildman–Crippen MR) is 100 cm³/mol. The van der Waals surface area contributed by atoms with Gasteiger partial charge in [0, 0.05) is 23.7 Å². The third kappa shape index (κ3) is 6.76. The van der Waals surface area contributed by atoms with Gasteiger partial charge in [0.1, 0.15) is 0 Å². The highest BCUT2D eigenvalue weighted by atomic mass is 35.5. The molecule has 24 heavy (non-hydrogen) atoms. The molecule has 0 bridgehead atoms. The third-order valence-electron chi connectivity index (χ3n) is 3.14. The molecule has 1 rings (SSSR count). The van der Waals surface area contributed by atoms with Gasteiger partial charge in [-0.1, -0.05) is 13.0 Å². The van der Waals surface area contributed by atoms with Crippen LogP contribution in [-0.2, 0) is 14.8 Å². The number of hydrogen-bond donors (Lipinski definition) is 3. The summed E-state index contributed by atoms with van der Waals surface area (Å²) in [5.41, 5.74) is 0.520. The zero-order valence-electron chi connectivity index (χ0n) is 15.1. The van der Waals surface area contributed by atoms with Crippen LogP contribution in [0, 0.1) is 12.8 Å². The number of benzene rings is 1. The third-order valence-corrected chi connectivity index (χ3v) is 5.04. The minimum absolute atomic E-state index is 0. The number of carbonyl (C=O) groups excluding carboxylic acids is 1. The molecule has 0 spiro atoms. The maximum atomic E-state index is 12.5. The van der Waals surface area contributed by atoms with Crippen molar-refractivity contribution in [3.05, 3.63) is 23.8 Å². The average Bonchev–Trinajstić information content (AvgIpc) is 2.38. The lowest BCUT2D eigenvalue weighted by Gasteiger charge is -2.21. The maximum absolute atomic E-state index is 12.5. The first-order valence-corrected chi connectivity index (χ1v) is 9.04. The molecule has 0 aliphatic carbocycles. The molecular formula is C16H28ClN3O3S. The quantitative estimate of drug-likeness (QED) is 0.709. The first-order valence-electron chi connectivity index (χ1n) is 7.56. The van der Waals surface area contributed by atoms with Crippen molar-refractivity contribution in [1.29, 1.82) is 0 Å². The van der Waals surface area contributed by atoms with Gasteiger partial charge in [0.2, 0.25) is 15.9 Å². The van der Waals surface area contributed by atoms with Crippen LogP contribution in [0.2, 0.25) is 0 Å². The van der Waals surface area contributed by atoms with Crippen LogP contribution in [0.5, 0.6) is 0 Å². The Balaban J connectivity index is 0.00000529. The van der Waals surface area contributed by atoms with Gasteiger partial charge in [0.25, 0.3) is 0 Å². The Morgan fingerprint density at radius 2 is 1.83 bits per heavy atom. The van der Waals surface area contributed by atoms with E-state index >= 15 is 0 Å². The van der Waals surface area contributed by atoms with Crippen LogP contribution in [0.3, 0.4) is 0 Å². The highest BCUT2D eigenvalue weighted by Gasteiger charge is 2.24. The number of halogens is 1. The molecule has 0 saturated carbocycles. The summed E-state index contributed by atoms with van der Waals surface area (Å²) in [4.78, 5) is 12.2. The normalized spacial score (nSPS) is 13.1. The number of carbonyl (C=O) groups is 1. The number of nitrogens with one attached hydrogen (secondary N) is 3. The average molecular weight is 378 g/mol. The van der Waals surface area contributed by atoms with Crippen LogP contribution in [0.15, 0.2) is 23.1 Å². The summed E-state index contributed by atoms with van der Waals surface area (Å²) in [6.45, 7) is 9.43. The van der Waals surface area contributed by atoms with Gasteiger partial charge >= 0.3 is 0 Å². The number of sulfonamides is 1. The fourth-order valence-corrected chi connectivity index (χ4v) is 3.78. The second-order valence-corrected chi connectivity index (χ2v) is 8.43. The number of rotatable bonds is 6. The van der Waals surface area contributed by atoms with E-state index in [0.29, 0.717) is 17.8 Å². The highest BCUT2D eigenvalue weighted by Crippen LogP contribution is 2.22. The Kier molecular flexibility index (Phi) is 8.38. The van der Waals surface area contributed by atoms with Crippen LogP contribution in [-0.4, -0.2) is 33.5 Å². The molecule has 1 unspecified atom stereocenters. The molecule has 138 valence electrons. The summed E-state index contributed by atoms with van der Waals surface area (Å²) >= 11 is 0. The van der Waals surface area contributed by atoms with Crippen LogP contribution < -0.4 is 15.4 Å². The van der Waals surface area contributed by atoms with Gasteiger partial charge in [-0.2, -0.15) is 0 Å². The SMILES string of the molecule is CNCC(C)C(=O)Nc1ccc(C)c(S(=O)(=O)NC(C)(C)C)c1.Cl. The minimum Gasteiger partial charge on any atom is -0.326 e. The van der Waals surface area contributed by atoms with Gasteiger partial charge in [-0.3, -0.25) is 4.79 Å². The second kappa shape index (κ2) is 8.80. The molecular weight excluding hydrogens is 350 g/mol. The van der Waals surface area contributed by atoms with Crippen molar-refractivity contribution in [2.45, 2.75) is 45.1 Å². The van der Waals surface area contributed by atoms with E-state index in [1.54, 1.807) is 53.8 Å². The van der Waals surface area contributed by atoms with Crippen molar-refractivity contribution in [2.75, 3.05) is 18.9 Å². The molecule has 0 fully saturated rings. The van der Waals surface area contributed by atoms with Gasteiger partial charge in [0.15, 0.2) is 0 Å². The van der Waals surface area contributed by atoms with E-state index in [-0.39, 0.29) is 29.1 Å². The van der Waals surface area contributed by atoms with E-state index in [1.807, 2.05) is 0 Å². The molecule has 3 N–H and O–H groups in total. The smallest absolute Gasteiger partial charge is 0.241 e. The van der Waals surface area contributed by atoms with Gasteiger partial charge in [0.05, 0.1) is 4.90 Å². The first kappa shape index (κ1) is 22.9. The molecule has 0 heterocycles. The van der Waals surface area contributed by atoms with Crippen molar-refractivity contribution in [1.82, 2.24) is 10.0 Å². The maximum Gasteiger partial charge on any atom is 0.241 e. The van der Waals surface area contributed by atoms with E-state index in [1.165, 1.54) is 6.07 Å². The molecule has 6 nitrogen and oxygen atoms in total. The van der Waals surface area contributed by atoms with Gasteiger partial charge < -0.3 is 10.6 Å². The van der Waals surface area contributed by atoms with Crippen LogP contribution in [0.4, 0.5) is 5.69 Å². The topological polar surface area (TPSA) is 87.3 Å². The lowest BCUT2D eigenvalue weighted by Crippen LogP contribution is -2.40. The molecule has 1 amide bonds. The molecule has 1 atom stereocenters. The number of amides is 1. The Labute approximate surface area is 151 Å². The molecule has 0 radical (unpaired) electrons. The van der Waals surface area contributed by atoms with Crippen LogP contribution >= 0.6 is 12.4 Å². The highest BCUT2D eigenvalue weighted by molar-refractivity contribution is 7.89. The van der Waals surface area contributed by atoms with Crippen LogP contribution in [0.1, 0.15) is 33.3 Å². The minimum atomic E-state index is -3.65. The Hall–Kier alpha value is -1.15. The lowest BCUT2D eigenvalue weighted by atomic mass is 10.1. The second-order valence-electron chi connectivity index (χ2n) is 6.78. The Bertz CT molecular complexity index is 670. The number of anilines is 1. The molecule has 1 aromatic carbocycles. The van der Waals surface area contributed by atoms with Gasteiger partial charge in [-0.15, -0.1) is 12.4 Å². The van der Waals surface area contributed by atoms with E-state index in [0.717, 1.165) is 0 Å². The standard InChI is InChI=1S/C16H27N3O3S.ClH/c1-11-7-8-13(18-15(20)12(2)10-17-6)9-14(11)23(21,22)19-16(3,4)5;/h7-9,12,17,19H,10H2,1-6H3,(H,18,20);1H. The van der Waals surface area contributed by atoms with Crippen molar-refractivity contribution in [3.63, 3.8) is 0 Å². The van der Waals surface area contributed by atoms with Crippen molar-refractivity contribution in [2.24, 2.45) is 5.92 Å². The Morgan fingerprint density at radius 3 is 2.33 bits per heavy atom. The van der Waals surface area contributed by atoms with Crippen molar-refractivity contribution < 1.29 is 13.2 Å². The zero-order valence-corrected chi connectivity index (χ0v) is 16.7. The number of aryl methyl sites for hydroxylation is 1. The largest absolute Gasteiger partial charge is 0.326 e. The Morgan fingerprint density at radius 1 is 1.25 bits per heavy atom. The van der Waals surface area contributed by atoms with Crippen molar-refractivity contribution >= 4 is 34.0 Å². The number of hydrogen-bond acceptors (Lipinski definition) is 4. The molecule has 0 saturated heterocycles. The monoisotopic (exact) mass is 377 g/mol. The summed E-state index contributed by atoms with van der Waals surface area (Å²) in [5.74, 6) is -0.371.